The van der Waals surface area contributed by atoms with Crippen LogP contribution in [0.25, 0.3) is 0 Å². The number of nitrogens with one attached hydrogen (secondary N) is 1. The highest BCUT2D eigenvalue weighted by Gasteiger charge is 2.19. The number of aliphatic hydroxyl groups excluding tert-OH is 2. The van der Waals surface area contributed by atoms with Gasteiger partial charge in [0.25, 0.3) is 0 Å². The monoisotopic (exact) mass is 720 g/mol. The van der Waals surface area contributed by atoms with Gasteiger partial charge in [0, 0.05) is 6.42 Å². The molecule has 1 amide bonds. The normalized spacial score (nSPS) is 14.0. The Labute approximate surface area is 322 Å². The molecule has 3 N–H and O–H groups in total. The lowest BCUT2D eigenvalue weighted by atomic mass is 10.0. The van der Waals surface area contributed by atoms with Gasteiger partial charge in [-0.1, -0.05) is 195 Å². The Morgan fingerprint density at radius 3 is 1.23 bits per heavy atom. The van der Waals surface area contributed by atoms with E-state index in [1.54, 1.807) is 0 Å². The Morgan fingerprint density at radius 2 is 0.846 bits per heavy atom. The maximum absolute atomic E-state index is 12.2. The molecule has 0 aromatic carbocycles. The van der Waals surface area contributed by atoms with Crippen LogP contribution in [0.4, 0.5) is 0 Å². The first-order chi connectivity index (χ1) is 25.7. The van der Waals surface area contributed by atoms with Gasteiger partial charge in [-0.3, -0.25) is 4.79 Å². The van der Waals surface area contributed by atoms with Crippen molar-refractivity contribution >= 4 is 5.91 Å². The quantitative estimate of drug-likeness (QED) is 0.0442. The second kappa shape index (κ2) is 42.7. The van der Waals surface area contributed by atoms with Gasteiger partial charge < -0.3 is 15.5 Å². The molecule has 0 saturated heterocycles. The molecule has 2 unspecified atom stereocenters. The van der Waals surface area contributed by atoms with Crippen LogP contribution in [0.2, 0.25) is 0 Å². The third-order valence-corrected chi connectivity index (χ3v) is 9.11. The molecule has 0 aliphatic carbocycles. The highest BCUT2D eigenvalue weighted by atomic mass is 16.3. The summed E-state index contributed by atoms with van der Waals surface area (Å²) in [6.07, 6.45) is 64.1. The first kappa shape index (κ1) is 49.3. The zero-order valence-electron chi connectivity index (χ0n) is 33.8. The minimum Gasteiger partial charge on any atom is -0.394 e. The second-order valence-electron chi connectivity index (χ2n) is 14.0. The summed E-state index contributed by atoms with van der Waals surface area (Å²) in [7, 11) is 0. The van der Waals surface area contributed by atoms with Gasteiger partial charge in [0.15, 0.2) is 0 Å². The summed E-state index contributed by atoms with van der Waals surface area (Å²) >= 11 is 0. The van der Waals surface area contributed by atoms with Crippen LogP contribution in [-0.2, 0) is 4.79 Å². The zero-order valence-corrected chi connectivity index (χ0v) is 33.8. The minimum atomic E-state index is -0.660. The number of aliphatic hydroxyl groups is 2. The number of rotatable bonds is 37. The fraction of sp³-hybridized carbons (Fsp3) is 0.646. The van der Waals surface area contributed by atoms with E-state index in [1.165, 1.54) is 70.6 Å². The lowest BCUT2D eigenvalue weighted by Gasteiger charge is -2.22. The third-order valence-electron chi connectivity index (χ3n) is 9.11. The van der Waals surface area contributed by atoms with E-state index in [-0.39, 0.29) is 12.5 Å². The van der Waals surface area contributed by atoms with Crippen molar-refractivity contribution in [1.82, 2.24) is 5.32 Å². The van der Waals surface area contributed by atoms with Gasteiger partial charge in [-0.25, -0.2) is 0 Å². The molecule has 0 aromatic heterocycles. The highest BCUT2D eigenvalue weighted by Crippen LogP contribution is 2.14. The van der Waals surface area contributed by atoms with Gasteiger partial charge in [0.05, 0.1) is 18.8 Å². The minimum absolute atomic E-state index is 0.0508. The molecule has 4 nitrogen and oxygen atoms in total. The van der Waals surface area contributed by atoms with Crippen LogP contribution in [0, 0.1) is 0 Å². The van der Waals surface area contributed by atoms with Gasteiger partial charge >= 0.3 is 0 Å². The molecule has 2 atom stereocenters. The van der Waals surface area contributed by atoms with Gasteiger partial charge in [-0.15, -0.1) is 0 Å². The predicted molar refractivity (Wildman–Crippen MR) is 230 cm³/mol. The molecular formula is C48H81NO3. The summed E-state index contributed by atoms with van der Waals surface area (Å²) in [5.41, 5.74) is 0. The first-order valence-corrected chi connectivity index (χ1v) is 21.4. The Hall–Kier alpha value is -2.69. The molecule has 0 fully saturated rings. The van der Waals surface area contributed by atoms with Crippen molar-refractivity contribution in [3.05, 3.63) is 97.2 Å². The lowest BCUT2D eigenvalue weighted by Crippen LogP contribution is -2.45. The number of unbranched alkanes of at least 4 members (excludes halogenated alkanes) is 14. The Morgan fingerprint density at radius 1 is 0.481 bits per heavy atom. The predicted octanol–water partition coefficient (Wildman–Crippen LogP) is 13.5. The zero-order chi connectivity index (χ0) is 37.8. The van der Waals surface area contributed by atoms with Crippen molar-refractivity contribution in [1.29, 1.82) is 0 Å². The summed E-state index contributed by atoms with van der Waals surface area (Å²) in [6, 6.07) is -0.537. The van der Waals surface area contributed by atoms with Crippen LogP contribution in [0.15, 0.2) is 97.2 Å². The number of carbonyl (C=O) groups excluding carboxylic acids is 1. The van der Waals surface area contributed by atoms with E-state index in [2.05, 4.69) is 116 Å². The number of hydrogen-bond acceptors (Lipinski definition) is 3. The van der Waals surface area contributed by atoms with Crippen molar-refractivity contribution in [3.8, 4) is 0 Å². The summed E-state index contributed by atoms with van der Waals surface area (Å²) in [5.74, 6) is -0.0508. The first-order valence-electron chi connectivity index (χ1n) is 21.4. The average molecular weight is 720 g/mol. The van der Waals surface area contributed by atoms with Gasteiger partial charge in [0.1, 0.15) is 0 Å². The molecule has 4 heteroatoms. The Kier molecular flexibility index (Phi) is 40.5. The van der Waals surface area contributed by atoms with Crippen LogP contribution in [0.5, 0.6) is 0 Å². The molecule has 0 aromatic rings. The maximum atomic E-state index is 12.2. The topological polar surface area (TPSA) is 69.6 Å². The largest absolute Gasteiger partial charge is 0.394 e. The Balaban J connectivity index is 3.50. The van der Waals surface area contributed by atoms with Crippen molar-refractivity contribution in [2.24, 2.45) is 0 Å². The molecular weight excluding hydrogens is 639 g/mol. The standard InChI is InChI=1S/C48H81NO3/c1-3-5-7-8-9-10-11-12-13-14-15-16-17-18-19-20-21-22-23-24-25-26-27-28-29-30-31-32-33-34-35-36-37-38-39-40-42-44-48(52)49-46(45-50)47(51)43-41-6-4-2/h5,7,9-10,12-13,15-16,18-19,21-22,24-25,27-28,46-47,50-51H,3-4,6,8,11,14,17,20,23,26,29-45H2,1-2H3,(H,49,52)/b7-5-,10-9-,13-12-,16-15-,19-18-,22-21-,25-24-,28-27-. The van der Waals surface area contributed by atoms with E-state index in [0.717, 1.165) is 83.5 Å². The Bertz CT molecular complexity index is 999. The summed E-state index contributed by atoms with van der Waals surface area (Å²) in [4.78, 5) is 12.2. The maximum Gasteiger partial charge on any atom is 0.220 e. The van der Waals surface area contributed by atoms with E-state index in [9.17, 15) is 15.0 Å². The van der Waals surface area contributed by atoms with Crippen molar-refractivity contribution in [2.75, 3.05) is 6.61 Å². The molecule has 0 radical (unpaired) electrons. The molecule has 296 valence electrons. The molecule has 0 saturated carbocycles. The number of amides is 1. The molecule has 0 aliphatic heterocycles. The number of carbonyl (C=O) groups is 1. The van der Waals surface area contributed by atoms with E-state index >= 15 is 0 Å². The highest BCUT2D eigenvalue weighted by molar-refractivity contribution is 5.76. The summed E-state index contributed by atoms with van der Waals surface area (Å²) in [6.45, 7) is 4.08. The van der Waals surface area contributed by atoms with Gasteiger partial charge in [-0.05, 0) is 77.0 Å². The molecule has 0 rings (SSSR count). The average Bonchev–Trinajstić information content (AvgIpc) is 3.15. The van der Waals surface area contributed by atoms with E-state index in [0.29, 0.717) is 12.8 Å². The van der Waals surface area contributed by atoms with Gasteiger partial charge in [0.2, 0.25) is 5.91 Å². The van der Waals surface area contributed by atoms with Crippen molar-refractivity contribution < 1.29 is 15.0 Å². The fourth-order valence-electron chi connectivity index (χ4n) is 5.84. The molecule has 0 spiro atoms. The van der Waals surface area contributed by atoms with Crippen LogP contribution < -0.4 is 5.32 Å². The summed E-state index contributed by atoms with van der Waals surface area (Å²) in [5, 5.41) is 22.5. The number of hydrogen-bond donors (Lipinski definition) is 3. The number of allylic oxidation sites excluding steroid dienone is 16. The molecule has 0 bridgehead atoms. The fourth-order valence-corrected chi connectivity index (χ4v) is 5.84. The molecule has 52 heavy (non-hydrogen) atoms. The second-order valence-corrected chi connectivity index (χ2v) is 14.0. The van der Waals surface area contributed by atoms with Crippen LogP contribution >= 0.6 is 0 Å². The van der Waals surface area contributed by atoms with E-state index in [4.69, 9.17) is 0 Å². The molecule has 0 aliphatic rings. The van der Waals surface area contributed by atoms with Crippen LogP contribution in [0.1, 0.15) is 181 Å². The van der Waals surface area contributed by atoms with E-state index in [1.807, 2.05) is 0 Å². The third kappa shape index (κ3) is 38.5. The lowest BCUT2D eigenvalue weighted by molar-refractivity contribution is -0.123. The van der Waals surface area contributed by atoms with Gasteiger partial charge in [-0.2, -0.15) is 0 Å². The van der Waals surface area contributed by atoms with Crippen molar-refractivity contribution in [2.45, 2.75) is 193 Å². The van der Waals surface area contributed by atoms with Crippen LogP contribution in [-0.4, -0.2) is 34.9 Å². The molecule has 0 heterocycles. The van der Waals surface area contributed by atoms with Crippen LogP contribution in [0.3, 0.4) is 0 Å². The van der Waals surface area contributed by atoms with Crippen molar-refractivity contribution in [3.63, 3.8) is 0 Å². The SMILES string of the molecule is CC/C=C\C/C=C\C/C=C\C/C=C\C/C=C\C/C=C\C/C=C\C/C=C\CCCCCCCCCCCCCCC(=O)NC(CO)C(O)CCCCC. The van der Waals surface area contributed by atoms with E-state index < -0.39 is 12.1 Å². The summed E-state index contributed by atoms with van der Waals surface area (Å²) < 4.78 is 0. The smallest absolute Gasteiger partial charge is 0.220 e.